The zero-order valence-corrected chi connectivity index (χ0v) is 17.5. The fourth-order valence-electron chi connectivity index (χ4n) is 4.07. The van der Waals surface area contributed by atoms with E-state index in [1.165, 1.54) is 16.6 Å². The largest absolute Gasteiger partial charge is 0.353 e. The van der Waals surface area contributed by atoms with Crippen molar-refractivity contribution in [2.24, 2.45) is 5.92 Å². The van der Waals surface area contributed by atoms with Gasteiger partial charge in [-0.15, -0.1) is 0 Å². The molecule has 1 N–H and O–H groups in total. The Hall–Kier alpha value is -2.04. The van der Waals surface area contributed by atoms with Gasteiger partial charge in [-0.2, -0.15) is 0 Å². The van der Waals surface area contributed by atoms with Crippen LogP contribution < -0.4 is 10.2 Å². The van der Waals surface area contributed by atoms with E-state index >= 15 is 0 Å². The van der Waals surface area contributed by atoms with Gasteiger partial charge in [-0.05, 0) is 69.7 Å². The van der Waals surface area contributed by atoms with Crippen LogP contribution in [0.3, 0.4) is 0 Å². The first-order valence-corrected chi connectivity index (χ1v) is 10.5. The highest BCUT2D eigenvalue weighted by molar-refractivity contribution is 5.81. The van der Waals surface area contributed by atoms with Gasteiger partial charge < -0.3 is 14.8 Å². The second kappa shape index (κ2) is 8.32. The second-order valence-corrected chi connectivity index (χ2v) is 7.86. The molecule has 2 heterocycles. The number of piperidine rings is 1. The Balaban J connectivity index is 1.73. The quantitative estimate of drug-likeness (QED) is 0.829. The molecule has 1 fully saturated rings. The second-order valence-electron chi connectivity index (χ2n) is 7.86. The summed E-state index contributed by atoms with van der Waals surface area (Å²) in [5.41, 5.74) is 4.87. The third-order valence-corrected chi connectivity index (χ3v) is 6.14. The minimum Gasteiger partial charge on any atom is -0.353 e. The van der Waals surface area contributed by atoms with Crippen LogP contribution in [0.4, 0.5) is 5.95 Å². The number of nitrogens with zero attached hydrogens (tertiary/aromatic N) is 3. The van der Waals surface area contributed by atoms with Crippen LogP contribution in [0.15, 0.2) is 12.1 Å². The van der Waals surface area contributed by atoms with Crippen LogP contribution in [-0.2, 0) is 11.3 Å². The number of carbonyl (C=O) groups is 1. The smallest absolute Gasteiger partial charge is 0.223 e. The first-order chi connectivity index (χ1) is 13.0. The molecule has 2 aromatic rings. The van der Waals surface area contributed by atoms with Crippen molar-refractivity contribution < 1.29 is 4.79 Å². The Morgan fingerprint density at radius 1 is 1.15 bits per heavy atom. The van der Waals surface area contributed by atoms with Crippen molar-refractivity contribution >= 4 is 22.9 Å². The predicted molar refractivity (Wildman–Crippen MR) is 112 cm³/mol. The Kier molecular flexibility index (Phi) is 6.08. The molecule has 0 radical (unpaired) electrons. The van der Waals surface area contributed by atoms with Crippen LogP contribution >= 0.6 is 0 Å². The fourth-order valence-corrected chi connectivity index (χ4v) is 4.07. The van der Waals surface area contributed by atoms with Gasteiger partial charge in [-0.25, -0.2) is 4.98 Å². The van der Waals surface area contributed by atoms with E-state index in [-0.39, 0.29) is 11.8 Å². The molecule has 1 aromatic heterocycles. The van der Waals surface area contributed by atoms with Crippen molar-refractivity contribution in [1.82, 2.24) is 14.9 Å². The van der Waals surface area contributed by atoms with Gasteiger partial charge in [0, 0.05) is 31.6 Å². The molecule has 1 amide bonds. The molecular weight excluding hydrogens is 336 g/mol. The van der Waals surface area contributed by atoms with Gasteiger partial charge in [0.15, 0.2) is 0 Å². The summed E-state index contributed by atoms with van der Waals surface area (Å²) in [7, 11) is 0. The number of aryl methyl sites for hydroxylation is 3. The predicted octanol–water partition coefficient (Wildman–Crippen LogP) is 4.19. The number of aromatic nitrogens is 2. The minimum atomic E-state index is 0.130. The first-order valence-electron chi connectivity index (χ1n) is 10.5. The molecule has 5 nitrogen and oxygen atoms in total. The highest BCUT2D eigenvalue weighted by Crippen LogP contribution is 2.28. The molecule has 1 saturated heterocycles. The van der Waals surface area contributed by atoms with E-state index in [0.717, 1.165) is 56.8 Å². The monoisotopic (exact) mass is 370 g/mol. The molecule has 0 atom stereocenters. The van der Waals surface area contributed by atoms with Crippen molar-refractivity contribution in [3.63, 3.8) is 0 Å². The third kappa shape index (κ3) is 3.97. The zero-order chi connectivity index (χ0) is 19.6. The van der Waals surface area contributed by atoms with Gasteiger partial charge >= 0.3 is 0 Å². The number of hydrogen-bond donors (Lipinski definition) is 1. The molecular formula is C22H34N4O. The lowest BCUT2D eigenvalue weighted by molar-refractivity contribution is -0.126. The van der Waals surface area contributed by atoms with Crippen molar-refractivity contribution in [2.75, 3.05) is 18.0 Å². The zero-order valence-electron chi connectivity index (χ0n) is 17.5. The maximum Gasteiger partial charge on any atom is 0.223 e. The third-order valence-electron chi connectivity index (χ3n) is 6.14. The van der Waals surface area contributed by atoms with E-state index in [0.29, 0.717) is 6.04 Å². The molecule has 1 aromatic carbocycles. The molecule has 0 unspecified atom stereocenters. The van der Waals surface area contributed by atoms with Crippen LogP contribution in [0, 0.1) is 19.8 Å². The molecule has 0 bridgehead atoms. The van der Waals surface area contributed by atoms with Gasteiger partial charge in [0.25, 0.3) is 0 Å². The molecule has 0 spiro atoms. The van der Waals surface area contributed by atoms with E-state index in [4.69, 9.17) is 4.98 Å². The summed E-state index contributed by atoms with van der Waals surface area (Å²) < 4.78 is 2.31. The van der Waals surface area contributed by atoms with Crippen molar-refractivity contribution in [1.29, 1.82) is 0 Å². The van der Waals surface area contributed by atoms with Gasteiger partial charge in [0.05, 0.1) is 11.0 Å². The average Bonchev–Trinajstić information content (AvgIpc) is 3.03. The topological polar surface area (TPSA) is 50.2 Å². The summed E-state index contributed by atoms with van der Waals surface area (Å²) in [6, 6.07) is 4.75. The van der Waals surface area contributed by atoms with Crippen LogP contribution in [0.5, 0.6) is 0 Å². The normalized spacial score (nSPS) is 15.7. The minimum absolute atomic E-state index is 0.130. The van der Waals surface area contributed by atoms with E-state index in [9.17, 15) is 4.79 Å². The maximum atomic E-state index is 12.6. The first kappa shape index (κ1) is 19.7. The fraction of sp³-hybridized carbons (Fsp3) is 0.636. The summed E-state index contributed by atoms with van der Waals surface area (Å²) in [4.78, 5) is 19.9. The van der Waals surface area contributed by atoms with Crippen LogP contribution in [0.1, 0.15) is 57.6 Å². The SMILES string of the molecule is CCC(CC)NC(=O)C1CCN(c2nc3cc(C)c(C)cc3n2CC)CC1. The number of rotatable bonds is 6. The molecule has 148 valence electrons. The molecule has 27 heavy (non-hydrogen) atoms. The summed E-state index contributed by atoms with van der Waals surface area (Å²) in [6.45, 7) is 13.4. The van der Waals surface area contributed by atoms with Crippen molar-refractivity contribution in [2.45, 2.75) is 72.9 Å². The standard InChI is InChI=1S/C22H34N4O/c1-6-18(7-2)23-21(27)17-9-11-25(12-10-17)22-24-19-13-15(4)16(5)14-20(19)26(22)8-3/h13-14,17-18H,6-12H2,1-5H3,(H,23,27). The number of anilines is 1. The highest BCUT2D eigenvalue weighted by Gasteiger charge is 2.28. The summed E-state index contributed by atoms with van der Waals surface area (Å²) >= 11 is 0. The van der Waals surface area contributed by atoms with Crippen LogP contribution in [-0.4, -0.2) is 34.6 Å². The number of fused-ring (bicyclic) bond motifs is 1. The van der Waals surface area contributed by atoms with E-state index in [2.05, 4.69) is 61.5 Å². The Morgan fingerprint density at radius 2 is 1.78 bits per heavy atom. The molecule has 1 aliphatic rings. The van der Waals surface area contributed by atoms with Gasteiger partial charge in [0.1, 0.15) is 0 Å². The van der Waals surface area contributed by atoms with E-state index in [1.54, 1.807) is 0 Å². The van der Waals surface area contributed by atoms with Gasteiger partial charge in [-0.1, -0.05) is 13.8 Å². The molecule has 3 rings (SSSR count). The highest BCUT2D eigenvalue weighted by atomic mass is 16.1. The Morgan fingerprint density at radius 3 is 2.37 bits per heavy atom. The summed E-state index contributed by atoms with van der Waals surface area (Å²) in [6.07, 6.45) is 3.80. The Labute approximate surface area is 163 Å². The lowest BCUT2D eigenvalue weighted by atomic mass is 9.95. The number of benzene rings is 1. The molecule has 1 aliphatic heterocycles. The van der Waals surface area contributed by atoms with Crippen LogP contribution in [0.2, 0.25) is 0 Å². The molecule has 0 aliphatic carbocycles. The summed E-state index contributed by atoms with van der Waals surface area (Å²) in [5, 5.41) is 3.22. The maximum absolute atomic E-state index is 12.6. The number of amides is 1. The van der Waals surface area contributed by atoms with Crippen molar-refractivity contribution in [3.05, 3.63) is 23.3 Å². The van der Waals surface area contributed by atoms with Gasteiger partial charge in [0.2, 0.25) is 11.9 Å². The molecule has 5 heteroatoms. The lowest BCUT2D eigenvalue weighted by Gasteiger charge is -2.33. The Bertz CT molecular complexity index is 798. The van der Waals surface area contributed by atoms with Crippen molar-refractivity contribution in [3.8, 4) is 0 Å². The number of nitrogens with one attached hydrogen (secondary N) is 1. The van der Waals surface area contributed by atoms with E-state index < -0.39 is 0 Å². The number of imidazole rings is 1. The average molecular weight is 371 g/mol. The van der Waals surface area contributed by atoms with Crippen LogP contribution in [0.25, 0.3) is 11.0 Å². The van der Waals surface area contributed by atoms with Gasteiger partial charge in [-0.3, -0.25) is 4.79 Å². The molecule has 0 saturated carbocycles. The summed E-state index contributed by atoms with van der Waals surface area (Å²) in [5.74, 6) is 1.42. The lowest BCUT2D eigenvalue weighted by Crippen LogP contribution is -2.44. The number of carbonyl (C=O) groups excluding carboxylic acids is 1. The van der Waals surface area contributed by atoms with E-state index in [1.807, 2.05) is 0 Å². The number of hydrogen-bond acceptors (Lipinski definition) is 3.